The normalized spacial score (nSPS) is 21.8. The number of Topliss-reactive ketones (excluding diaryl/α,β-unsaturated/α-hetero) is 1. The zero-order valence-corrected chi connectivity index (χ0v) is 18.0. The summed E-state index contributed by atoms with van der Waals surface area (Å²) in [6, 6.07) is 9.43. The van der Waals surface area contributed by atoms with Gasteiger partial charge in [0.2, 0.25) is 0 Å². The van der Waals surface area contributed by atoms with E-state index in [0.717, 1.165) is 18.4 Å². The lowest BCUT2D eigenvalue weighted by Gasteiger charge is -2.37. The third kappa shape index (κ3) is 6.51. The summed E-state index contributed by atoms with van der Waals surface area (Å²) in [6.07, 6.45) is 1.70. The number of piperidine rings is 1. The molecule has 0 aromatic heterocycles. The van der Waals surface area contributed by atoms with Crippen LogP contribution in [0.1, 0.15) is 46.1 Å². The van der Waals surface area contributed by atoms with E-state index in [0.29, 0.717) is 25.5 Å². The van der Waals surface area contributed by atoms with Crippen LogP contribution in [-0.2, 0) is 25.7 Å². The number of hydrogen-bond acceptors (Lipinski definition) is 4. The van der Waals surface area contributed by atoms with Gasteiger partial charge in [0.1, 0.15) is 18.8 Å². The largest absolute Gasteiger partial charge is 0.368 e. The molecule has 0 N–H and O–H groups in total. The maximum Gasteiger partial charge on any atom is 0.252 e. The highest BCUT2D eigenvalue weighted by Crippen LogP contribution is 2.28. The van der Waals surface area contributed by atoms with E-state index >= 15 is 0 Å². The van der Waals surface area contributed by atoms with Crippen LogP contribution in [0.3, 0.4) is 0 Å². The lowest BCUT2D eigenvalue weighted by atomic mass is 9.96. The number of rotatable bonds is 6. The summed E-state index contributed by atoms with van der Waals surface area (Å²) >= 11 is 0. The molecule has 0 unspecified atom stereocenters. The van der Waals surface area contributed by atoms with Crippen molar-refractivity contribution in [2.24, 2.45) is 5.92 Å². The van der Waals surface area contributed by atoms with Crippen LogP contribution in [0.5, 0.6) is 0 Å². The smallest absolute Gasteiger partial charge is 0.252 e. The highest BCUT2D eigenvalue weighted by molar-refractivity contribution is 7.59. The van der Waals surface area contributed by atoms with Crippen molar-refractivity contribution in [2.75, 3.05) is 13.2 Å². The molecule has 28 heavy (non-hydrogen) atoms. The first-order chi connectivity index (χ1) is 12.1. The molecule has 2 aliphatic heterocycles. The predicted molar refractivity (Wildman–Crippen MR) is 121 cm³/mol. The SMILES string of the molecule is C.CC(C)C[C@H](OCc1ccccc1)C(=O)N1CCC[C@H]2OCC(=O)[C@H]21.S.S. The van der Waals surface area contributed by atoms with E-state index < -0.39 is 12.1 Å². The molecule has 0 spiro atoms. The molecule has 2 fully saturated rings. The molecular formula is C21H35NO4S2. The fourth-order valence-electron chi connectivity index (χ4n) is 3.66. The van der Waals surface area contributed by atoms with Crippen molar-refractivity contribution in [1.29, 1.82) is 0 Å². The molecule has 160 valence electrons. The van der Waals surface area contributed by atoms with E-state index in [9.17, 15) is 9.59 Å². The molecule has 5 nitrogen and oxygen atoms in total. The van der Waals surface area contributed by atoms with Gasteiger partial charge in [-0.3, -0.25) is 9.59 Å². The summed E-state index contributed by atoms with van der Waals surface area (Å²) in [5, 5.41) is 0. The molecule has 1 amide bonds. The molecule has 0 bridgehead atoms. The van der Waals surface area contributed by atoms with Crippen molar-refractivity contribution >= 4 is 38.7 Å². The van der Waals surface area contributed by atoms with Crippen molar-refractivity contribution < 1.29 is 19.1 Å². The van der Waals surface area contributed by atoms with Gasteiger partial charge < -0.3 is 14.4 Å². The first-order valence-corrected chi connectivity index (χ1v) is 9.16. The summed E-state index contributed by atoms with van der Waals surface area (Å²) in [7, 11) is 0. The van der Waals surface area contributed by atoms with Gasteiger partial charge in [-0.05, 0) is 30.7 Å². The Morgan fingerprint density at radius 3 is 2.57 bits per heavy atom. The molecule has 0 saturated carbocycles. The van der Waals surface area contributed by atoms with Crippen LogP contribution < -0.4 is 0 Å². The van der Waals surface area contributed by atoms with Crippen molar-refractivity contribution in [3.63, 3.8) is 0 Å². The number of hydrogen-bond donors (Lipinski definition) is 0. The van der Waals surface area contributed by atoms with Gasteiger partial charge in [-0.2, -0.15) is 27.0 Å². The van der Waals surface area contributed by atoms with Crippen LogP contribution in [0.25, 0.3) is 0 Å². The topological polar surface area (TPSA) is 55.8 Å². The highest BCUT2D eigenvalue weighted by Gasteiger charge is 2.45. The van der Waals surface area contributed by atoms with Crippen LogP contribution in [-0.4, -0.2) is 48.0 Å². The predicted octanol–water partition coefficient (Wildman–Crippen LogP) is 3.44. The maximum atomic E-state index is 13.1. The van der Waals surface area contributed by atoms with Gasteiger partial charge in [0.25, 0.3) is 5.91 Å². The molecule has 1 aromatic rings. The second-order valence-electron chi connectivity index (χ2n) is 7.35. The molecule has 1 aromatic carbocycles. The van der Waals surface area contributed by atoms with Crippen LogP contribution >= 0.6 is 27.0 Å². The zero-order chi connectivity index (χ0) is 17.8. The minimum absolute atomic E-state index is 0. The Balaban J connectivity index is 0.00000243. The standard InChI is InChI=1S/C20H27NO4.CH4.2H2S/c1-14(2)11-18(24-12-15-7-4-3-5-8-15)20(23)21-10-6-9-17-19(21)16(22)13-25-17;;;/h3-5,7-8,14,17-19H,6,9-13H2,1-2H3;1H4;2*1H2/t17-,18+,19-;;;/m1.../s1. The average molecular weight is 430 g/mol. The number of benzene rings is 1. The van der Waals surface area contributed by atoms with Crippen LogP contribution in [0.2, 0.25) is 0 Å². The second kappa shape index (κ2) is 12.5. The van der Waals surface area contributed by atoms with Crippen molar-refractivity contribution in [3.8, 4) is 0 Å². The van der Waals surface area contributed by atoms with Crippen LogP contribution in [0, 0.1) is 5.92 Å². The van der Waals surface area contributed by atoms with Gasteiger partial charge >= 0.3 is 0 Å². The first kappa shape index (κ1) is 27.0. The minimum Gasteiger partial charge on any atom is -0.368 e. The van der Waals surface area contributed by atoms with Gasteiger partial charge in [-0.1, -0.05) is 51.6 Å². The van der Waals surface area contributed by atoms with E-state index in [2.05, 4.69) is 13.8 Å². The number of nitrogens with zero attached hydrogens (tertiary/aromatic N) is 1. The Bertz CT molecular complexity index is 612. The van der Waals surface area contributed by atoms with Crippen molar-refractivity contribution in [2.45, 2.75) is 65.4 Å². The minimum atomic E-state index is -0.521. The molecule has 7 heteroatoms. The summed E-state index contributed by atoms with van der Waals surface area (Å²) in [5.74, 6) is 0.281. The second-order valence-corrected chi connectivity index (χ2v) is 7.35. The molecule has 2 saturated heterocycles. The third-order valence-electron chi connectivity index (χ3n) is 4.88. The molecule has 2 heterocycles. The molecule has 2 aliphatic rings. The summed E-state index contributed by atoms with van der Waals surface area (Å²) < 4.78 is 11.5. The van der Waals surface area contributed by atoms with Gasteiger partial charge in [0.05, 0.1) is 12.7 Å². The fraction of sp³-hybridized carbons (Fsp3) is 0.619. The average Bonchev–Trinajstić information content (AvgIpc) is 3.00. The maximum absolute atomic E-state index is 13.1. The fourth-order valence-corrected chi connectivity index (χ4v) is 3.66. The van der Waals surface area contributed by atoms with E-state index in [4.69, 9.17) is 9.47 Å². The number of carbonyl (C=O) groups excluding carboxylic acids is 2. The monoisotopic (exact) mass is 429 g/mol. The van der Waals surface area contributed by atoms with Crippen molar-refractivity contribution in [3.05, 3.63) is 35.9 Å². The van der Waals surface area contributed by atoms with Gasteiger partial charge in [0.15, 0.2) is 5.78 Å². The van der Waals surface area contributed by atoms with Gasteiger partial charge in [-0.25, -0.2) is 0 Å². The lowest BCUT2D eigenvalue weighted by molar-refractivity contribution is -0.153. The van der Waals surface area contributed by atoms with Gasteiger partial charge in [0, 0.05) is 6.54 Å². The van der Waals surface area contributed by atoms with Gasteiger partial charge in [-0.15, -0.1) is 0 Å². The zero-order valence-electron chi connectivity index (χ0n) is 16.0. The molecule has 3 atom stereocenters. The quantitative estimate of drug-likeness (QED) is 0.695. The Labute approximate surface area is 183 Å². The van der Waals surface area contributed by atoms with E-state index in [1.54, 1.807) is 4.90 Å². The number of amides is 1. The first-order valence-electron chi connectivity index (χ1n) is 9.16. The lowest BCUT2D eigenvalue weighted by Crippen LogP contribution is -2.55. The third-order valence-corrected chi connectivity index (χ3v) is 4.88. The van der Waals surface area contributed by atoms with Crippen LogP contribution in [0.4, 0.5) is 0 Å². The Hall–Kier alpha value is -1.02. The number of ether oxygens (including phenoxy) is 2. The summed E-state index contributed by atoms with van der Waals surface area (Å²) in [6.45, 7) is 5.29. The van der Waals surface area contributed by atoms with E-state index in [1.165, 1.54) is 0 Å². The molecular weight excluding hydrogens is 394 g/mol. The Morgan fingerprint density at radius 2 is 1.93 bits per heavy atom. The van der Waals surface area contributed by atoms with E-state index in [1.807, 2.05) is 30.3 Å². The Morgan fingerprint density at radius 1 is 1.25 bits per heavy atom. The Kier molecular flexibility index (Phi) is 12.1. The number of ketones is 1. The van der Waals surface area contributed by atoms with E-state index in [-0.39, 0.29) is 58.8 Å². The number of carbonyl (C=O) groups is 2. The molecule has 0 aliphatic carbocycles. The number of fused-ring (bicyclic) bond motifs is 1. The number of likely N-dealkylation sites (tertiary alicyclic amines) is 1. The summed E-state index contributed by atoms with van der Waals surface area (Å²) in [4.78, 5) is 27.0. The van der Waals surface area contributed by atoms with Crippen LogP contribution in [0.15, 0.2) is 30.3 Å². The van der Waals surface area contributed by atoms with Crippen molar-refractivity contribution in [1.82, 2.24) is 4.90 Å². The molecule has 0 radical (unpaired) electrons. The highest BCUT2D eigenvalue weighted by atomic mass is 32.1. The summed E-state index contributed by atoms with van der Waals surface area (Å²) in [5.41, 5.74) is 1.04. The molecule has 3 rings (SSSR count).